The van der Waals surface area contributed by atoms with Gasteiger partial charge in [-0.1, -0.05) is 36.4 Å². The highest BCUT2D eigenvalue weighted by molar-refractivity contribution is 5.72. The molecular formula is C14H15N3O2. The van der Waals surface area contributed by atoms with Crippen molar-refractivity contribution in [2.75, 3.05) is 0 Å². The van der Waals surface area contributed by atoms with Crippen LogP contribution in [0.25, 0.3) is 0 Å². The van der Waals surface area contributed by atoms with Crippen LogP contribution in [0.3, 0.4) is 0 Å². The van der Waals surface area contributed by atoms with Crippen molar-refractivity contribution in [1.82, 2.24) is 15.8 Å². The molecule has 0 aliphatic carbocycles. The molecule has 98 valence electrons. The highest BCUT2D eigenvalue weighted by Gasteiger charge is 2.00. The van der Waals surface area contributed by atoms with Crippen molar-refractivity contribution in [3.05, 3.63) is 66.0 Å². The Kier molecular flexibility index (Phi) is 4.89. The summed E-state index contributed by atoms with van der Waals surface area (Å²) in [6.07, 6.45) is 3.39. The van der Waals surface area contributed by atoms with Crippen LogP contribution in [-0.4, -0.2) is 11.0 Å². The molecule has 0 aliphatic heterocycles. The summed E-state index contributed by atoms with van der Waals surface area (Å²) in [7, 11) is 0. The maximum Gasteiger partial charge on any atom is 0.338 e. The minimum atomic E-state index is -0.375. The fourth-order valence-corrected chi connectivity index (χ4v) is 1.48. The second-order valence-electron chi connectivity index (χ2n) is 3.92. The molecule has 0 bridgehead atoms. The van der Waals surface area contributed by atoms with Gasteiger partial charge in [0.1, 0.15) is 0 Å². The topological polar surface area (TPSA) is 63.2 Å². The maximum atomic E-state index is 11.4. The third kappa shape index (κ3) is 4.77. The molecule has 0 aliphatic rings. The summed E-state index contributed by atoms with van der Waals surface area (Å²) in [6, 6.07) is 12.9. The summed E-state index contributed by atoms with van der Waals surface area (Å²) in [4.78, 5) is 20.5. The number of carbonyl (C=O) groups excluding carboxylic acids is 1. The number of amides is 2. The lowest BCUT2D eigenvalue weighted by Crippen LogP contribution is -2.34. The molecule has 2 N–H and O–H groups in total. The van der Waals surface area contributed by atoms with Crippen molar-refractivity contribution in [3.63, 3.8) is 0 Å². The second kappa shape index (κ2) is 7.13. The quantitative estimate of drug-likeness (QED) is 0.805. The van der Waals surface area contributed by atoms with Gasteiger partial charge >= 0.3 is 6.03 Å². The number of rotatable bonds is 5. The molecule has 5 heteroatoms. The van der Waals surface area contributed by atoms with Crippen LogP contribution in [0.15, 0.2) is 54.9 Å². The number of aromatic nitrogens is 1. The Morgan fingerprint density at radius 1 is 1.11 bits per heavy atom. The summed E-state index contributed by atoms with van der Waals surface area (Å²) in [5.74, 6) is 0. The Hall–Kier alpha value is -2.40. The second-order valence-corrected chi connectivity index (χ2v) is 3.92. The minimum absolute atomic E-state index is 0.334. The Labute approximate surface area is 111 Å². The third-order valence-corrected chi connectivity index (χ3v) is 2.42. The fourth-order valence-electron chi connectivity index (χ4n) is 1.48. The molecule has 1 aromatic carbocycles. The number of nitrogens with one attached hydrogen (secondary N) is 2. The van der Waals surface area contributed by atoms with E-state index < -0.39 is 0 Å². The van der Waals surface area contributed by atoms with Gasteiger partial charge in [-0.3, -0.25) is 9.82 Å². The van der Waals surface area contributed by atoms with E-state index in [9.17, 15) is 4.79 Å². The lowest BCUT2D eigenvalue weighted by atomic mass is 10.2. The molecule has 2 rings (SSSR count). The van der Waals surface area contributed by atoms with Crippen LogP contribution in [0, 0.1) is 0 Å². The van der Waals surface area contributed by atoms with Crippen molar-refractivity contribution in [2.45, 2.75) is 13.2 Å². The normalized spacial score (nSPS) is 9.89. The van der Waals surface area contributed by atoms with Crippen molar-refractivity contribution in [3.8, 4) is 0 Å². The first-order valence-electron chi connectivity index (χ1n) is 5.93. The monoisotopic (exact) mass is 257 g/mol. The molecule has 5 nitrogen and oxygen atoms in total. The van der Waals surface area contributed by atoms with Gasteiger partial charge in [0.25, 0.3) is 0 Å². The lowest BCUT2D eigenvalue weighted by molar-refractivity contribution is 0.0490. The Balaban J connectivity index is 1.65. The summed E-state index contributed by atoms with van der Waals surface area (Å²) < 4.78 is 0. The number of nitrogens with zero attached hydrogens (tertiary/aromatic N) is 1. The summed E-state index contributed by atoms with van der Waals surface area (Å²) in [5, 5.41) is 2.67. The molecule has 0 atom stereocenters. The molecule has 0 saturated heterocycles. The Morgan fingerprint density at radius 2 is 1.89 bits per heavy atom. The van der Waals surface area contributed by atoms with Gasteiger partial charge in [-0.15, -0.1) is 0 Å². The molecule has 0 radical (unpaired) electrons. The zero-order valence-electron chi connectivity index (χ0n) is 10.4. The molecule has 2 aromatic rings. The summed E-state index contributed by atoms with van der Waals surface area (Å²) >= 11 is 0. The van der Waals surface area contributed by atoms with Gasteiger partial charge in [0.15, 0.2) is 0 Å². The van der Waals surface area contributed by atoms with Crippen LogP contribution in [0.4, 0.5) is 4.79 Å². The largest absolute Gasteiger partial charge is 0.338 e. The van der Waals surface area contributed by atoms with E-state index in [0.717, 1.165) is 11.1 Å². The smallest absolute Gasteiger partial charge is 0.332 e. The maximum absolute atomic E-state index is 11.4. The summed E-state index contributed by atoms with van der Waals surface area (Å²) in [6.45, 7) is 0.746. The van der Waals surface area contributed by atoms with Crippen LogP contribution < -0.4 is 10.8 Å². The number of benzene rings is 1. The number of carbonyl (C=O) groups is 1. The minimum Gasteiger partial charge on any atom is -0.332 e. The van der Waals surface area contributed by atoms with Gasteiger partial charge in [0.05, 0.1) is 6.61 Å². The fraction of sp³-hybridized carbons (Fsp3) is 0.143. The van der Waals surface area contributed by atoms with Gasteiger partial charge in [-0.2, -0.15) is 0 Å². The third-order valence-electron chi connectivity index (χ3n) is 2.42. The first-order chi connectivity index (χ1) is 9.34. The van der Waals surface area contributed by atoms with E-state index in [1.165, 1.54) is 0 Å². The van der Waals surface area contributed by atoms with Crippen molar-refractivity contribution in [2.24, 2.45) is 0 Å². The molecule has 0 saturated carbocycles. The zero-order valence-corrected chi connectivity index (χ0v) is 10.4. The predicted octanol–water partition coefficient (Wildman–Crippen LogP) is 2.01. The van der Waals surface area contributed by atoms with E-state index in [1.807, 2.05) is 42.5 Å². The van der Waals surface area contributed by atoms with E-state index in [0.29, 0.717) is 13.2 Å². The number of hydrogen-bond donors (Lipinski definition) is 2. The van der Waals surface area contributed by atoms with Crippen LogP contribution >= 0.6 is 0 Å². The Bertz CT molecular complexity index is 503. The molecular weight excluding hydrogens is 242 g/mol. The molecule has 2 amide bonds. The van der Waals surface area contributed by atoms with E-state index in [-0.39, 0.29) is 6.03 Å². The van der Waals surface area contributed by atoms with Crippen LogP contribution in [0.2, 0.25) is 0 Å². The van der Waals surface area contributed by atoms with Crippen LogP contribution in [0.5, 0.6) is 0 Å². The average molecular weight is 257 g/mol. The number of hydroxylamine groups is 1. The van der Waals surface area contributed by atoms with E-state index in [2.05, 4.69) is 15.8 Å². The van der Waals surface area contributed by atoms with E-state index >= 15 is 0 Å². The van der Waals surface area contributed by atoms with Crippen LogP contribution in [-0.2, 0) is 18.0 Å². The SMILES string of the molecule is O=C(NCc1cccnc1)NOCc1ccccc1. The molecule has 0 unspecified atom stereocenters. The van der Waals surface area contributed by atoms with Gasteiger partial charge < -0.3 is 5.32 Å². The number of hydrogen-bond acceptors (Lipinski definition) is 3. The van der Waals surface area contributed by atoms with Crippen molar-refractivity contribution >= 4 is 6.03 Å². The highest BCUT2D eigenvalue weighted by Crippen LogP contribution is 1.99. The predicted molar refractivity (Wildman–Crippen MR) is 70.8 cm³/mol. The highest BCUT2D eigenvalue weighted by atomic mass is 16.7. The number of pyridine rings is 1. The molecule has 0 spiro atoms. The van der Waals surface area contributed by atoms with E-state index in [4.69, 9.17) is 4.84 Å². The van der Waals surface area contributed by atoms with Gasteiger partial charge in [-0.25, -0.2) is 10.3 Å². The first kappa shape index (κ1) is 13.0. The van der Waals surface area contributed by atoms with Gasteiger partial charge in [-0.05, 0) is 17.2 Å². The lowest BCUT2D eigenvalue weighted by Gasteiger charge is -2.07. The standard InChI is InChI=1S/C14H15N3O2/c18-14(16-10-13-7-4-8-15-9-13)17-19-11-12-5-2-1-3-6-12/h1-9H,10-11H2,(H2,16,17,18). The van der Waals surface area contributed by atoms with Crippen LogP contribution in [0.1, 0.15) is 11.1 Å². The molecule has 0 fully saturated rings. The zero-order chi connectivity index (χ0) is 13.3. The average Bonchev–Trinajstić information content (AvgIpc) is 2.47. The van der Waals surface area contributed by atoms with Gasteiger partial charge in [0, 0.05) is 18.9 Å². The summed E-state index contributed by atoms with van der Waals surface area (Å²) in [5.41, 5.74) is 4.26. The first-order valence-corrected chi connectivity index (χ1v) is 5.93. The van der Waals surface area contributed by atoms with Gasteiger partial charge in [0.2, 0.25) is 0 Å². The van der Waals surface area contributed by atoms with Crippen molar-refractivity contribution in [1.29, 1.82) is 0 Å². The van der Waals surface area contributed by atoms with Crippen molar-refractivity contribution < 1.29 is 9.63 Å². The molecule has 19 heavy (non-hydrogen) atoms. The number of urea groups is 1. The molecule has 1 heterocycles. The Morgan fingerprint density at radius 3 is 2.63 bits per heavy atom. The van der Waals surface area contributed by atoms with E-state index in [1.54, 1.807) is 12.4 Å². The molecule has 1 aromatic heterocycles.